The third-order valence-electron chi connectivity index (χ3n) is 1.99. The molecule has 0 amide bonds. The van der Waals surface area contributed by atoms with Crippen LogP contribution in [0.15, 0.2) is 11.5 Å². The van der Waals surface area contributed by atoms with Crippen molar-refractivity contribution in [1.82, 2.24) is 0 Å². The Morgan fingerprint density at radius 2 is 2.00 bits per heavy atom. The molecule has 0 aromatic carbocycles. The first kappa shape index (κ1) is 8.67. The van der Waals surface area contributed by atoms with Crippen molar-refractivity contribution in [2.45, 2.75) is 37.4 Å². The number of hydrogen-bond donors (Lipinski definition) is 0. The van der Waals surface area contributed by atoms with E-state index in [0.717, 1.165) is 0 Å². The minimum absolute atomic E-state index is 0.677. The molecule has 0 saturated heterocycles. The Bertz CT molecular complexity index is 174. The van der Waals surface area contributed by atoms with Crippen molar-refractivity contribution in [3.63, 3.8) is 0 Å². The van der Waals surface area contributed by atoms with Gasteiger partial charge < -0.3 is 0 Å². The highest BCUT2D eigenvalue weighted by Gasteiger charge is 2.14. The molecule has 0 radical (unpaired) electrons. The maximum Gasteiger partial charge on any atom is 0.105 e. The fraction of sp³-hybridized carbons (Fsp3) is 0.667. The molecule has 2 heteroatoms. The van der Waals surface area contributed by atoms with E-state index >= 15 is 0 Å². The molecular weight excluding hydrogens is 154 g/mol. The van der Waals surface area contributed by atoms with Crippen molar-refractivity contribution in [1.29, 1.82) is 5.26 Å². The van der Waals surface area contributed by atoms with E-state index in [1.54, 1.807) is 11.8 Å². The zero-order chi connectivity index (χ0) is 8.10. The van der Waals surface area contributed by atoms with E-state index in [0.29, 0.717) is 10.2 Å². The number of rotatable bonds is 2. The lowest BCUT2D eigenvalue weighted by Crippen LogP contribution is -2.07. The molecule has 0 aromatic heterocycles. The molecule has 0 unspecified atom stereocenters. The summed E-state index contributed by atoms with van der Waals surface area (Å²) in [5.41, 5.74) is 0. The Kier molecular flexibility index (Phi) is 3.51. The Balaban J connectivity index is 2.25. The average Bonchev–Trinajstić information content (AvgIpc) is 2.06. The fourth-order valence-corrected chi connectivity index (χ4v) is 2.43. The van der Waals surface area contributed by atoms with Gasteiger partial charge in [0.1, 0.15) is 6.07 Å². The van der Waals surface area contributed by atoms with Gasteiger partial charge in [0.15, 0.2) is 0 Å². The summed E-state index contributed by atoms with van der Waals surface area (Å²) in [6.45, 7) is 3.67. The van der Waals surface area contributed by atoms with Gasteiger partial charge in [0, 0.05) is 5.25 Å². The van der Waals surface area contributed by atoms with Gasteiger partial charge in [-0.25, -0.2) is 0 Å². The summed E-state index contributed by atoms with van der Waals surface area (Å²) in [5.74, 6) is 0. The van der Waals surface area contributed by atoms with Crippen LogP contribution in [-0.2, 0) is 0 Å². The monoisotopic (exact) mass is 167 g/mol. The van der Waals surface area contributed by atoms with Gasteiger partial charge in [-0.2, -0.15) is 5.26 Å². The van der Waals surface area contributed by atoms with Crippen molar-refractivity contribution >= 4 is 11.8 Å². The molecule has 1 nitrogen and oxygen atoms in total. The van der Waals surface area contributed by atoms with E-state index in [9.17, 15) is 0 Å². The van der Waals surface area contributed by atoms with E-state index < -0.39 is 0 Å². The Hall–Kier alpha value is -0.420. The summed E-state index contributed by atoms with van der Waals surface area (Å²) >= 11 is 1.66. The fourth-order valence-electron chi connectivity index (χ4n) is 1.41. The van der Waals surface area contributed by atoms with Crippen LogP contribution in [0.5, 0.6) is 0 Å². The molecule has 1 rings (SSSR count). The molecule has 1 fully saturated rings. The lowest BCUT2D eigenvalue weighted by molar-refractivity contribution is 0.517. The highest BCUT2D eigenvalue weighted by atomic mass is 32.2. The van der Waals surface area contributed by atoms with Gasteiger partial charge in [-0.05, 0) is 12.8 Å². The zero-order valence-electron chi connectivity index (χ0n) is 6.68. The SMILES string of the molecule is C=C(C#N)SC1CCCCC1. The van der Waals surface area contributed by atoms with Crippen molar-refractivity contribution in [3.8, 4) is 6.07 Å². The normalized spacial score (nSPS) is 19.2. The van der Waals surface area contributed by atoms with Crippen LogP contribution in [0.3, 0.4) is 0 Å². The number of nitriles is 1. The maximum atomic E-state index is 8.50. The predicted octanol–water partition coefficient (Wildman–Crippen LogP) is 3.09. The van der Waals surface area contributed by atoms with Gasteiger partial charge in [-0.1, -0.05) is 25.8 Å². The van der Waals surface area contributed by atoms with Crippen molar-refractivity contribution in [2.24, 2.45) is 0 Å². The number of nitrogens with zero attached hydrogens (tertiary/aromatic N) is 1. The smallest absolute Gasteiger partial charge is 0.105 e. The third kappa shape index (κ3) is 2.98. The highest BCUT2D eigenvalue weighted by molar-refractivity contribution is 8.03. The number of thioether (sulfide) groups is 1. The molecule has 0 spiro atoms. The van der Waals surface area contributed by atoms with Crippen LogP contribution in [0.4, 0.5) is 0 Å². The maximum absolute atomic E-state index is 8.50. The number of hydrogen-bond acceptors (Lipinski definition) is 2. The van der Waals surface area contributed by atoms with Crippen LogP contribution in [0.25, 0.3) is 0 Å². The lowest BCUT2D eigenvalue weighted by Gasteiger charge is -2.19. The van der Waals surface area contributed by atoms with E-state index in [-0.39, 0.29) is 0 Å². The molecular formula is C9H13NS. The van der Waals surface area contributed by atoms with Crippen LogP contribution in [0.1, 0.15) is 32.1 Å². The topological polar surface area (TPSA) is 23.8 Å². The van der Waals surface area contributed by atoms with Crippen LogP contribution in [0.2, 0.25) is 0 Å². The standard InChI is InChI=1S/C9H13NS/c1-8(7-10)11-9-5-3-2-4-6-9/h9H,1-6H2. The molecule has 0 heterocycles. The van der Waals surface area contributed by atoms with Gasteiger partial charge >= 0.3 is 0 Å². The van der Waals surface area contributed by atoms with E-state index in [1.807, 2.05) is 0 Å². The summed E-state index contributed by atoms with van der Waals surface area (Å²) in [4.78, 5) is 0.678. The third-order valence-corrected chi connectivity index (χ3v) is 3.17. The molecule has 0 bridgehead atoms. The summed E-state index contributed by atoms with van der Waals surface area (Å²) in [6.07, 6.45) is 6.57. The summed E-state index contributed by atoms with van der Waals surface area (Å²) < 4.78 is 0. The van der Waals surface area contributed by atoms with E-state index in [2.05, 4.69) is 12.6 Å². The first-order chi connectivity index (χ1) is 5.33. The second-order valence-electron chi connectivity index (χ2n) is 2.91. The molecule has 0 aromatic rings. The second kappa shape index (κ2) is 4.46. The molecule has 11 heavy (non-hydrogen) atoms. The van der Waals surface area contributed by atoms with Crippen LogP contribution in [-0.4, -0.2) is 5.25 Å². The Labute approximate surface area is 72.5 Å². The zero-order valence-corrected chi connectivity index (χ0v) is 7.49. The highest BCUT2D eigenvalue weighted by Crippen LogP contribution is 2.31. The van der Waals surface area contributed by atoms with Gasteiger partial charge in [0.2, 0.25) is 0 Å². The van der Waals surface area contributed by atoms with Crippen LogP contribution < -0.4 is 0 Å². The first-order valence-electron chi connectivity index (χ1n) is 4.08. The molecule has 60 valence electrons. The van der Waals surface area contributed by atoms with Gasteiger partial charge in [0.25, 0.3) is 0 Å². The van der Waals surface area contributed by atoms with E-state index in [1.165, 1.54) is 32.1 Å². The largest absolute Gasteiger partial charge is 0.192 e. The van der Waals surface area contributed by atoms with Crippen molar-refractivity contribution in [2.75, 3.05) is 0 Å². The summed E-state index contributed by atoms with van der Waals surface area (Å²) in [6, 6.07) is 2.08. The Morgan fingerprint density at radius 1 is 1.36 bits per heavy atom. The average molecular weight is 167 g/mol. The minimum atomic E-state index is 0.677. The molecule has 1 aliphatic carbocycles. The van der Waals surface area contributed by atoms with Gasteiger partial charge in [-0.15, -0.1) is 11.8 Å². The van der Waals surface area contributed by atoms with E-state index in [4.69, 9.17) is 5.26 Å². The summed E-state index contributed by atoms with van der Waals surface area (Å²) in [7, 11) is 0. The first-order valence-corrected chi connectivity index (χ1v) is 4.96. The molecule has 0 atom stereocenters. The van der Waals surface area contributed by atoms with Crippen molar-refractivity contribution < 1.29 is 0 Å². The van der Waals surface area contributed by atoms with Gasteiger partial charge in [-0.3, -0.25) is 0 Å². The van der Waals surface area contributed by atoms with Crippen LogP contribution in [0, 0.1) is 11.3 Å². The lowest BCUT2D eigenvalue weighted by atomic mass is 10.0. The minimum Gasteiger partial charge on any atom is -0.192 e. The van der Waals surface area contributed by atoms with Gasteiger partial charge in [0.05, 0.1) is 4.91 Å². The molecule has 1 aliphatic rings. The second-order valence-corrected chi connectivity index (χ2v) is 4.31. The molecule has 1 saturated carbocycles. The molecule has 0 N–H and O–H groups in total. The van der Waals surface area contributed by atoms with Crippen LogP contribution >= 0.6 is 11.8 Å². The van der Waals surface area contributed by atoms with Crippen molar-refractivity contribution in [3.05, 3.63) is 11.5 Å². The Morgan fingerprint density at radius 3 is 2.55 bits per heavy atom. The molecule has 0 aliphatic heterocycles. The summed E-state index contributed by atoms with van der Waals surface area (Å²) in [5, 5.41) is 9.17. The predicted molar refractivity (Wildman–Crippen MR) is 49.2 cm³/mol. The number of allylic oxidation sites excluding steroid dienone is 1. The quantitative estimate of drug-likeness (QED) is 0.590.